The molecule has 4 nitrogen and oxygen atoms in total. The van der Waals surface area contributed by atoms with Gasteiger partial charge in [0.2, 0.25) is 0 Å². The van der Waals surface area contributed by atoms with Gasteiger partial charge in [0.25, 0.3) is 5.91 Å². The van der Waals surface area contributed by atoms with Crippen molar-refractivity contribution in [2.75, 3.05) is 13.2 Å². The fourth-order valence-corrected chi connectivity index (χ4v) is 2.31. The summed E-state index contributed by atoms with van der Waals surface area (Å²) in [6, 6.07) is 13.5. The fourth-order valence-electron chi connectivity index (χ4n) is 2.31. The molecule has 0 saturated carbocycles. The Morgan fingerprint density at radius 1 is 1.04 bits per heavy atom. The summed E-state index contributed by atoms with van der Waals surface area (Å²) in [4.78, 5) is 12.1. The van der Waals surface area contributed by atoms with Crippen molar-refractivity contribution in [3.05, 3.63) is 59.9 Å². The number of hydrogen-bond donors (Lipinski definition) is 1. The van der Waals surface area contributed by atoms with E-state index in [9.17, 15) is 9.18 Å². The van der Waals surface area contributed by atoms with E-state index >= 15 is 0 Å². The van der Waals surface area contributed by atoms with Crippen LogP contribution in [0.4, 0.5) is 4.39 Å². The first kappa shape index (κ1) is 19.8. The second-order valence-corrected chi connectivity index (χ2v) is 7.13. The van der Waals surface area contributed by atoms with Gasteiger partial charge in [0.05, 0.1) is 6.54 Å². The summed E-state index contributed by atoms with van der Waals surface area (Å²) in [5, 5.41) is 2.76. The van der Waals surface area contributed by atoms with Crippen molar-refractivity contribution in [1.29, 1.82) is 0 Å². The molecule has 0 fully saturated rings. The van der Waals surface area contributed by atoms with Crippen molar-refractivity contribution in [2.24, 2.45) is 0 Å². The molecule has 26 heavy (non-hydrogen) atoms. The molecule has 140 valence electrons. The molecule has 2 aromatic rings. The van der Waals surface area contributed by atoms with E-state index in [1.165, 1.54) is 17.7 Å². The lowest BCUT2D eigenvalue weighted by atomic mass is 9.87. The zero-order valence-electron chi connectivity index (χ0n) is 15.7. The van der Waals surface area contributed by atoms with Crippen molar-refractivity contribution in [3.63, 3.8) is 0 Å². The Hall–Kier alpha value is -2.56. The van der Waals surface area contributed by atoms with Crippen LogP contribution in [0.2, 0.25) is 0 Å². The van der Waals surface area contributed by atoms with E-state index in [-0.39, 0.29) is 17.1 Å². The van der Waals surface area contributed by atoms with E-state index < -0.39 is 6.10 Å². The number of rotatable bonds is 7. The van der Waals surface area contributed by atoms with Gasteiger partial charge in [-0.25, -0.2) is 4.39 Å². The molecule has 1 atom stereocenters. The lowest BCUT2D eigenvalue weighted by Gasteiger charge is -2.20. The minimum Gasteiger partial charge on any atom is -0.492 e. The quantitative estimate of drug-likeness (QED) is 0.758. The molecule has 5 heteroatoms. The van der Waals surface area contributed by atoms with Crippen LogP contribution in [0.25, 0.3) is 0 Å². The number of nitrogens with one attached hydrogen (secondary N) is 1. The van der Waals surface area contributed by atoms with Gasteiger partial charge >= 0.3 is 0 Å². The largest absolute Gasteiger partial charge is 0.492 e. The second kappa shape index (κ2) is 8.70. The molecule has 0 saturated heterocycles. The maximum atomic E-state index is 12.8. The van der Waals surface area contributed by atoms with Crippen LogP contribution in [-0.2, 0) is 10.2 Å². The Morgan fingerprint density at radius 2 is 1.62 bits per heavy atom. The summed E-state index contributed by atoms with van der Waals surface area (Å²) in [6.07, 6.45) is -0.610. The summed E-state index contributed by atoms with van der Waals surface area (Å²) in [5.74, 6) is 0.687. The first-order valence-electron chi connectivity index (χ1n) is 8.69. The molecule has 1 N–H and O–H groups in total. The number of halogens is 1. The highest BCUT2D eigenvalue weighted by Gasteiger charge is 2.16. The van der Waals surface area contributed by atoms with Gasteiger partial charge in [0, 0.05) is 0 Å². The number of ether oxygens (including phenoxy) is 2. The average molecular weight is 359 g/mol. The van der Waals surface area contributed by atoms with Crippen LogP contribution < -0.4 is 14.8 Å². The standard InChI is InChI=1S/C21H26FNO3/c1-15(26-19-9-5-16(6-10-19)21(2,3)4)20(24)23-13-14-25-18-11-7-17(22)8-12-18/h5-12,15H,13-14H2,1-4H3,(H,23,24)/t15-/m0/s1. The monoisotopic (exact) mass is 359 g/mol. The molecular formula is C21H26FNO3. The van der Waals surface area contributed by atoms with Crippen molar-refractivity contribution >= 4 is 5.91 Å². The number of benzene rings is 2. The van der Waals surface area contributed by atoms with Crippen molar-refractivity contribution in [2.45, 2.75) is 39.2 Å². The lowest BCUT2D eigenvalue weighted by Crippen LogP contribution is -2.38. The molecule has 2 aromatic carbocycles. The molecule has 0 bridgehead atoms. The predicted molar refractivity (Wildman–Crippen MR) is 100 cm³/mol. The average Bonchev–Trinajstić information content (AvgIpc) is 2.59. The smallest absolute Gasteiger partial charge is 0.260 e. The molecule has 0 unspecified atom stereocenters. The normalized spacial score (nSPS) is 12.3. The topological polar surface area (TPSA) is 47.6 Å². The van der Waals surface area contributed by atoms with Gasteiger partial charge in [-0.15, -0.1) is 0 Å². The molecule has 0 radical (unpaired) electrons. The summed E-state index contributed by atoms with van der Waals surface area (Å²) < 4.78 is 23.9. The van der Waals surface area contributed by atoms with E-state index in [0.717, 1.165) is 0 Å². The third kappa shape index (κ3) is 6.06. The van der Waals surface area contributed by atoms with E-state index in [0.29, 0.717) is 24.7 Å². The Kier molecular flexibility index (Phi) is 6.61. The first-order chi connectivity index (χ1) is 12.3. The van der Waals surface area contributed by atoms with Crippen LogP contribution in [0.5, 0.6) is 11.5 Å². The minimum absolute atomic E-state index is 0.0754. The van der Waals surface area contributed by atoms with Gasteiger partial charge in [0.15, 0.2) is 6.10 Å². The molecule has 0 heterocycles. The Balaban J connectivity index is 1.74. The minimum atomic E-state index is -0.610. The van der Waals surface area contributed by atoms with Crippen LogP contribution in [0.15, 0.2) is 48.5 Å². The number of hydrogen-bond acceptors (Lipinski definition) is 3. The maximum absolute atomic E-state index is 12.8. The van der Waals surface area contributed by atoms with Gasteiger partial charge in [0.1, 0.15) is 23.9 Å². The van der Waals surface area contributed by atoms with Crippen molar-refractivity contribution < 1.29 is 18.7 Å². The van der Waals surface area contributed by atoms with Crippen LogP contribution in [0.3, 0.4) is 0 Å². The van der Waals surface area contributed by atoms with Gasteiger partial charge in [-0.2, -0.15) is 0 Å². The molecule has 0 spiro atoms. The Labute approximate surface area is 154 Å². The van der Waals surface area contributed by atoms with E-state index in [1.807, 2.05) is 24.3 Å². The van der Waals surface area contributed by atoms with Crippen molar-refractivity contribution in [3.8, 4) is 11.5 Å². The zero-order valence-corrected chi connectivity index (χ0v) is 15.7. The number of carbonyl (C=O) groups is 1. The van der Waals surface area contributed by atoms with Gasteiger partial charge < -0.3 is 14.8 Å². The third-order valence-electron chi connectivity index (χ3n) is 3.89. The maximum Gasteiger partial charge on any atom is 0.260 e. The van der Waals surface area contributed by atoms with Crippen molar-refractivity contribution in [1.82, 2.24) is 5.32 Å². The van der Waals surface area contributed by atoms with E-state index in [2.05, 4.69) is 26.1 Å². The SMILES string of the molecule is C[C@H](Oc1ccc(C(C)(C)C)cc1)C(=O)NCCOc1ccc(F)cc1. The van der Waals surface area contributed by atoms with Crippen LogP contribution in [0, 0.1) is 5.82 Å². The molecular weight excluding hydrogens is 333 g/mol. The van der Waals surface area contributed by atoms with Crippen LogP contribution >= 0.6 is 0 Å². The van der Waals surface area contributed by atoms with E-state index in [4.69, 9.17) is 9.47 Å². The Morgan fingerprint density at radius 3 is 2.19 bits per heavy atom. The van der Waals surface area contributed by atoms with Crippen LogP contribution in [-0.4, -0.2) is 25.2 Å². The lowest BCUT2D eigenvalue weighted by molar-refractivity contribution is -0.127. The summed E-state index contributed by atoms with van der Waals surface area (Å²) in [6.45, 7) is 8.78. The predicted octanol–water partition coefficient (Wildman–Crippen LogP) is 4.09. The summed E-state index contributed by atoms with van der Waals surface area (Å²) in [5.41, 5.74) is 1.28. The molecule has 2 rings (SSSR count). The fraction of sp³-hybridized carbons (Fsp3) is 0.381. The molecule has 0 aromatic heterocycles. The Bertz CT molecular complexity index is 706. The van der Waals surface area contributed by atoms with E-state index in [1.54, 1.807) is 19.1 Å². The molecule has 0 aliphatic heterocycles. The first-order valence-corrected chi connectivity index (χ1v) is 8.69. The van der Waals surface area contributed by atoms with Gasteiger partial charge in [-0.3, -0.25) is 4.79 Å². The molecule has 0 aliphatic carbocycles. The second-order valence-electron chi connectivity index (χ2n) is 7.13. The highest BCUT2D eigenvalue weighted by molar-refractivity contribution is 5.80. The number of carbonyl (C=O) groups excluding carboxylic acids is 1. The summed E-state index contributed by atoms with van der Waals surface area (Å²) in [7, 11) is 0. The highest BCUT2D eigenvalue weighted by atomic mass is 19.1. The van der Waals surface area contributed by atoms with Gasteiger partial charge in [-0.05, 0) is 54.3 Å². The zero-order chi connectivity index (χ0) is 19.2. The molecule has 0 aliphatic rings. The molecule has 1 amide bonds. The highest BCUT2D eigenvalue weighted by Crippen LogP contribution is 2.24. The van der Waals surface area contributed by atoms with Crippen LogP contribution in [0.1, 0.15) is 33.3 Å². The summed E-state index contributed by atoms with van der Waals surface area (Å²) >= 11 is 0. The van der Waals surface area contributed by atoms with Gasteiger partial charge in [-0.1, -0.05) is 32.9 Å². The third-order valence-corrected chi connectivity index (χ3v) is 3.89. The number of amides is 1.